The Labute approximate surface area is 106 Å². The Hall–Kier alpha value is -1.72. The van der Waals surface area contributed by atoms with E-state index >= 15 is 0 Å². The average Bonchev–Trinajstić information content (AvgIpc) is 2.36. The molecule has 0 N–H and O–H groups in total. The van der Waals surface area contributed by atoms with Crippen molar-refractivity contribution in [3.05, 3.63) is 42.0 Å². The summed E-state index contributed by atoms with van der Waals surface area (Å²) in [6.07, 6.45) is 3.19. The number of benzene rings is 1. The highest BCUT2D eigenvalue weighted by molar-refractivity contribution is 6.19. The van der Waals surface area contributed by atoms with Gasteiger partial charge in [0.2, 0.25) is 0 Å². The Morgan fingerprint density at radius 2 is 2.24 bits per heavy atom. The number of halogens is 1. The van der Waals surface area contributed by atoms with Gasteiger partial charge in [-0.15, -0.1) is 18.2 Å². The van der Waals surface area contributed by atoms with Crippen LogP contribution in [0.25, 0.3) is 0 Å². The van der Waals surface area contributed by atoms with Crippen molar-refractivity contribution in [1.29, 1.82) is 0 Å². The summed E-state index contributed by atoms with van der Waals surface area (Å²) < 4.78 is 5.50. The highest BCUT2D eigenvalue weighted by Crippen LogP contribution is 2.23. The van der Waals surface area contributed by atoms with Gasteiger partial charge in [-0.2, -0.15) is 0 Å². The van der Waals surface area contributed by atoms with Crippen molar-refractivity contribution in [2.75, 3.05) is 12.5 Å². The van der Waals surface area contributed by atoms with Crippen LogP contribution in [0.4, 0.5) is 0 Å². The third-order valence-corrected chi connectivity index (χ3v) is 2.23. The van der Waals surface area contributed by atoms with Gasteiger partial charge in [-0.05, 0) is 18.1 Å². The molecule has 0 fully saturated rings. The topological polar surface area (TPSA) is 26.3 Å². The summed E-state index contributed by atoms with van der Waals surface area (Å²) in [5.74, 6) is 6.30. The van der Waals surface area contributed by atoms with E-state index in [9.17, 15) is 4.79 Å². The fourth-order valence-electron chi connectivity index (χ4n) is 1.40. The summed E-state index contributed by atoms with van der Waals surface area (Å²) in [4.78, 5) is 10.9. The molecule has 1 aromatic carbocycles. The Bertz CT molecular complexity index is 455. The van der Waals surface area contributed by atoms with Gasteiger partial charge in [0.15, 0.2) is 6.29 Å². The molecule has 0 unspecified atom stereocenters. The Morgan fingerprint density at radius 3 is 2.88 bits per heavy atom. The third kappa shape index (κ3) is 3.97. The van der Waals surface area contributed by atoms with E-state index in [1.807, 2.05) is 12.1 Å². The van der Waals surface area contributed by atoms with E-state index in [0.717, 1.165) is 11.8 Å². The summed E-state index contributed by atoms with van der Waals surface area (Å²) in [6.45, 7) is 3.90. The Morgan fingerprint density at radius 1 is 1.41 bits per heavy atom. The molecule has 0 aliphatic rings. The molecule has 0 aliphatic heterocycles. The van der Waals surface area contributed by atoms with Crippen molar-refractivity contribution in [3.63, 3.8) is 0 Å². The van der Waals surface area contributed by atoms with Crippen LogP contribution in [-0.2, 0) is 6.42 Å². The van der Waals surface area contributed by atoms with Crippen molar-refractivity contribution in [3.8, 4) is 17.6 Å². The molecule has 0 spiro atoms. The first-order valence-corrected chi connectivity index (χ1v) is 5.69. The standard InChI is InChI=1S/C14H13ClO2/c1-2-6-12-7-5-8-13(11-16)14(12)17-10-4-3-9-15/h2,5,7-8,11H,1,6,9-10H2. The van der Waals surface area contributed by atoms with Crippen LogP contribution >= 0.6 is 11.6 Å². The molecule has 0 aromatic heterocycles. The number of carbonyl (C=O) groups is 1. The SMILES string of the molecule is C=CCc1cccc(C=O)c1OCC#CCCl. The number of alkyl halides is 1. The monoisotopic (exact) mass is 248 g/mol. The summed E-state index contributed by atoms with van der Waals surface area (Å²) in [5, 5.41) is 0. The van der Waals surface area contributed by atoms with E-state index in [2.05, 4.69) is 18.4 Å². The molecule has 1 rings (SSSR count). The van der Waals surface area contributed by atoms with E-state index in [1.165, 1.54) is 0 Å². The van der Waals surface area contributed by atoms with Crippen molar-refractivity contribution >= 4 is 17.9 Å². The van der Waals surface area contributed by atoms with Crippen molar-refractivity contribution < 1.29 is 9.53 Å². The third-order valence-electron chi connectivity index (χ3n) is 2.10. The Kier molecular flexibility index (Phi) is 5.92. The van der Waals surface area contributed by atoms with Gasteiger partial charge in [-0.25, -0.2) is 0 Å². The summed E-state index contributed by atoms with van der Waals surface area (Å²) in [5.41, 5.74) is 1.45. The maximum Gasteiger partial charge on any atom is 0.153 e. The molecule has 2 nitrogen and oxygen atoms in total. The number of para-hydroxylation sites is 1. The number of rotatable bonds is 5. The van der Waals surface area contributed by atoms with Crippen LogP contribution < -0.4 is 4.74 Å². The van der Waals surface area contributed by atoms with E-state index in [1.54, 1.807) is 12.1 Å². The van der Waals surface area contributed by atoms with Crippen molar-refractivity contribution in [2.24, 2.45) is 0 Å². The second kappa shape index (κ2) is 7.54. The van der Waals surface area contributed by atoms with Crippen molar-refractivity contribution in [2.45, 2.75) is 6.42 Å². The second-order valence-electron chi connectivity index (χ2n) is 3.22. The van der Waals surface area contributed by atoms with E-state index in [-0.39, 0.29) is 12.5 Å². The molecule has 3 heteroatoms. The summed E-state index contributed by atoms with van der Waals surface area (Å²) in [6, 6.07) is 5.43. The van der Waals surface area contributed by atoms with Crippen LogP contribution in [-0.4, -0.2) is 18.8 Å². The first kappa shape index (κ1) is 13.3. The lowest BCUT2D eigenvalue weighted by Gasteiger charge is -2.10. The zero-order chi connectivity index (χ0) is 12.5. The van der Waals surface area contributed by atoms with Crippen LogP contribution in [0.15, 0.2) is 30.9 Å². The molecule has 0 bridgehead atoms. The Balaban J connectivity index is 2.91. The first-order chi connectivity index (χ1) is 8.33. The quantitative estimate of drug-likeness (QED) is 0.347. The average molecular weight is 249 g/mol. The molecule has 0 saturated heterocycles. The van der Waals surface area contributed by atoms with Gasteiger partial charge >= 0.3 is 0 Å². The van der Waals surface area contributed by atoms with Crippen LogP contribution in [0, 0.1) is 11.8 Å². The molecule has 0 heterocycles. The molecule has 17 heavy (non-hydrogen) atoms. The predicted octanol–water partition coefficient (Wildman–Crippen LogP) is 2.85. The molecular weight excluding hydrogens is 236 g/mol. The minimum Gasteiger partial charge on any atom is -0.480 e. The zero-order valence-corrected chi connectivity index (χ0v) is 10.2. The fourth-order valence-corrected chi connectivity index (χ4v) is 1.49. The smallest absolute Gasteiger partial charge is 0.153 e. The van der Waals surface area contributed by atoms with Gasteiger partial charge in [0.25, 0.3) is 0 Å². The second-order valence-corrected chi connectivity index (χ2v) is 3.49. The minimum atomic E-state index is 0.224. The maximum absolute atomic E-state index is 10.9. The molecule has 0 amide bonds. The number of ether oxygens (including phenoxy) is 1. The number of carbonyl (C=O) groups excluding carboxylic acids is 1. The zero-order valence-electron chi connectivity index (χ0n) is 9.41. The van der Waals surface area contributed by atoms with Gasteiger partial charge in [-0.3, -0.25) is 4.79 Å². The fraction of sp³-hybridized carbons (Fsp3) is 0.214. The first-order valence-electron chi connectivity index (χ1n) is 5.16. The van der Waals surface area contributed by atoms with Crippen molar-refractivity contribution in [1.82, 2.24) is 0 Å². The molecule has 0 saturated carbocycles. The van der Waals surface area contributed by atoms with Crippen LogP contribution in [0.1, 0.15) is 15.9 Å². The van der Waals surface area contributed by atoms with Crippen LogP contribution in [0.2, 0.25) is 0 Å². The molecule has 88 valence electrons. The lowest BCUT2D eigenvalue weighted by atomic mass is 10.1. The van der Waals surface area contributed by atoms with Gasteiger partial charge in [0.1, 0.15) is 12.4 Å². The molecule has 1 aromatic rings. The molecular formula is C14H13ClO2. The summed E-state index contributed by atoms with van der Waals surface area (Å²) in [7, 11) is 0. The van der Waals surface area contributed by atoms with Gasteiger partial charge in [-0.1, -0.05) is 30.0 Å². The highest BCUT2D eigenvalue weighted by atomic mass is 35.5. The van der Waals surface area contributed by atoms with Crippen LogP contribution in [0.3, 0.4) is 0 Å². The highest BCUT2D eigenvalue weighted by Gasteiger charge is 2.07. The largest absolute Gasteiger partial charge is 0.480 e. The predicted molar refractivity (Wildman–Crippen MR) is 69.7 cm³/mol. The number of hydrogen-bond donors (Lipinski definition) is 0. The summed E-state index contributed by atoms with van der Waals surface area (Å²) >= 11 is 5.42. The minimum absolute atomic E-state index is 0.224. The number of aldehydes is 1. The lowest BCUT2D eigenvalue weighted by Crippen LogP contribution is -2.01. The van der Waals surface area contributed by atoms with Gasteiger partial charge < -0.3 is 4.74 Å². The normalized spacial score (nSPS) is 9.00. The van der Waals surface area contributed by atoms with E-state index in [4.69, 9.17) is 16.3 Å². The molecule has 0 atom stereocenters. The van der Waals surface area contributed by atoms with Gasteiger partial charge in [0.05, 0.1) is 11.4 Å². The van der Waals surface area contributed by atoms with Crippen LogP contribution in [0.5, 0.6) is 5.75 Å². The van der Waals surface area contributed by atoms with E-state index in [0.29, 0.717) is 17.7 Å². The molecule has 0 aliphatic carbocycles. The maximum atomic E-state index is 10.9. The lowest BCUT2D eigenvalue weighted by molar-refractivity contribution is 0.112. The van der Waals surface area contributed by atoms with E-state index < -0.39 is 0 Å². The van der Waals surface area contributed by atoms with Gasteiger partial charge in [0, 0.05) is 0 Å². The molecule has 0 radical (unpaired) electrons. The number of allylic oxidation sites excluding steroid dienone is 1. The number of hydrogen-bond acceptors (Lipinski definition) is 2.